The number of hydrogen-bond acceptors (Lipinski definition) is 5. The lowest BCUT2D eigenvalue weighted by molar-refractivity contribution is 0.115. The molecule has 2 heterocycles. The standard InChI is InChI=1S/C27H32N4S/c1-5-24-20(11-12-31-16-19(4)17-31)7-6-8-25(24)27-30-29-26(32-27)22-10-9-21(13-18(2)3)23(14-22)15-28/h6-10,14,18-19H,5,11-13,16-17H2,1-4H3. The number of nitrogens with zero attached hydrogens (tertiary/aromatic N) is 4. The van der Waals surface area contributed by atoms with Crippen LogP contribution < -0.4 is 0 Å². The van der Waals surface area contributed by atoms with Gasteiger partial charge in [0.05, 0.1) is 11.6 Å². The van der Waals surface area contributed by atoms with Gasteiger partial charge in [-0.2, -0.15) is 5.26 Å². The summed E-state index contributed by atoms with van der Waals surface area (Å²) in [5.74, 6) is 1.36. The molecule has 0 amide bonds. The van der Waals surface area contributed by atoms with Crippen LogP contribution in [0.1, 0.15) is 49.9 Å². The highest BCUT2D eigenvalue weighted by molar-refractivity contribution is 7.17. The Morgan fingerprint density at radius 2 is 1.91 bits per heavy atom. The molecule has 1 aromatic heterocycles. The Hall–Kier alpha value is -2.55. The van der Waals surface area contributed by atoms with Crippen molar-refractivity contribution in [3.8, 4) is 27.2 Å². The minimum absolute atomic E-state index is 0.519. The largest absolute Gasteiger partial charge is 0.302 e. The van der Waals surface area contributed by atoms with Crippen molar-refractivity contribution in [2.24, 2.45) is 11.8 Å². The Balaban J connectivity index is 1.58. The van der Waals surface area contributed by atoms with E-state index in [9.17, 15) is 5.26 Å². The number of nitriles is 1. The van der Waals surface area contributed by atoms with Gasteiger partial charge >= 0.3 is 0 Å². The van der Waals surface area contributed by atoms with Crippen molar-refractivity contribution >= 4 is 11.3 Å². The van der Waals surface area contributed by atoms with Crippen LogP contribution in [-0.4, -0.2) is 34.7 Å². The molecule has 0 bridgehead atoms. The predicted octanol–water partition coefficient (Wildman–Crippen LogP) is 6.00. The second kappa shape index (κ2) is 9.94. The van der Waals surface area contributed by atoms with Gasteiger partial charge < -0.3 is 4.90 Å². The SMILES string of the molecule is CCc1c(CCN2CC(C)C2)cccc1-c1nnc(-c2ccc(CC(C)C)c(C#N)c2)s1. The van der Waals surface area contributed by atoms with Crippen molar-refractivity contribution in [2.45, 2.75) is 47.0 Å². The van der Waals surface area contributed by atoms with Gasteiger partial charge in [-0.1, -0.05) is 69.4 Å². The lowest BCUT2D eigenvalue weighted by Crippen LogP contribution is -2.45. The predicted molar refractivity (Wildman–Crippen MR) is 133 cm³/mol. The average Bonchev–Trinajstić information content (AvgIpc) is 3.25. The van der Waals surface area contributed by atoms with Gasteiger partial charge in [0.2, 0.25) is 0 Å². The molecule has 2 aromatic carbocycles. The third kappa shape index (κ3) is 4.92. The Kier molecular flexibility index (Phi) is 7.03. The Bertz CT molecular complexity index is 1120. The van der Waals surface area contributed by atoms with E-state index >= 15 is 0 Å². The quantitative estimate of drug-likeness (QED) is 0.428. The Morgan fingerprint density at radius 1 is 1.12 bits per heavy atom. The van der Waals surface area contributed by atoms with Crippen LogP contribution in [0, 0.1) is 23.2 Å². The topological polar surface area (TPSA) is 52.8 Å². The van der Waals surface area contributed by atoms with Crippen molar-refractivity contribution in [1.29, 1.82) is 5.26 Å². The molecule has 1 saturated heterocycles. The molecule has 1 aliphatic heterocycles. The van der Waals surface area contributed by atoms with Gasteiger partial charge in [-0.25, -0.2) is 0 Å². The highest BCUT2D eigenvalue weighted by atomic mass is 32.1. The van der Waals surface area contributed by atoms with E-state index in [0.717, 1.165) is 58.4 Å². The third-order valence-corrected chi connectivity index (χ3v) is 7.23. The molecule has 0 spiro atoms. The van der Waals surface area contributed by atoms with Crippen LogP contribution in [0.2, 0.25) is 0 Å². The molecule has 3 aromatic rings. The summed E-state index contributed by atoms with van der Waals surface area (Å²) >= 11 is 1.61. The van der Waals surface area contributed by atoms with Crippen LogP contribution >= 0.6 is 11.3 Å². The lowest BCUT2D eigenvalue weighted by Gasteiger charge is -2.37. The zero-order chi connectivity index (χ0) is 22.7. The highest BCUT2D eigenvalue weighted by Crippen LogP contribution is 2.34. The van der Waals surface area contributed by atoms with E-state index < -0.39 is 0 Å². The molecule has 0 aliphatic carbocycles. The summed E-state index contributed by atoms with van der Waals surface area (Å²) in [5, 5.41) is 20.5. The number of hydrogen-bond donors (Lipinski definition) is 0. The van der Waals surface area contributed by atoms with Gasteiger partial charge in [0, 0.05) is 30.8 Å². The van der Waals surface area contributed by atoms with Crippen molar-refractivity contribution < 1.29 is 0 Å². The summed E-state index contributed by atoms with van der Waals surface area (Å²) in [6, 6.07) is 15.1. The lowest BCUT2D eigenvalue weighted by atomic mass is 9.95. The minimum atomic E-state index is 0.519. The average molecular weight is 445 g/mol. The highest BCUT2D eigenvalue weighted by Gasteiger charge is 2.22. The summed E-state index contributed by atoms with van der Waals surface area (Å²) in [6.45, 7) is 12.5. The second-order valence-electron chi connectivity index (χ2n) is 9.41. The number of likely N-dealkylation sites (tertiary alicyclic amines) is 1. The van der Waals surface area contributed by atoms with E-state index in [-0.39, 0.29) is 0 Å². The smallest absolute Gasteiger partial charge is 0.148 e. The number of benzene rings is 2. The maximum atomic E-state index is 9.62. The molecule has 0 radical (unpaired) electrons. The van der Waals surface area contributed by atoms with Gasteiger partial charge in [0.15, 0.2) is 0 Å². The molecule has 0 atom stereocenters. The van der Waals surface area contributed by atoms with E-state index in [2.05, 4.69) is 79.2 Å². The van der Waals surface area contributed by atoms with Crippen LogP contribution in [0.3, 0.4) is 0 Å². The fourth-order valence-corrected chi connectivity index (χ4v) is 5.55. The van der Waals surface area contributed by atoms with E-state index in [1.165, 1.54) is 29.8 Å². The molecule has 4 nitrogen and oxygen atoms in total. The first-order valence-corrected chi connectivity index (χ1v) is 12.5. The second-order valence-corrected chi connectivity index (χ2v) is 10.4. The third-order valence-electron chi connectivity index (χ3n) is 6.22. The molecule has 1 fully saturated rings. The van der Waals surface area contributed by atoms with Crippen molar-refractivity contribution in [3.63, 3.8) is 0 Å². The van der Waals surface area contributed by atoms with Gasteiger partial charge in [0.25, 0.3) is 0 Å². The molecular formula is C27H32N4S. The van der Waals surface area contributed by atoms with Gasteiger partial charge in [-0.15, -0.1) is 10.2 Å². The normalized spacial score (nSPS) is 14.5. The molecule has 166 valence electrons. The van der Waals surface area contributed by atoms with Gasteiger partial charge in [-0.3, -0.25) is 0 Å². The van der Waals surface area contributed by atoms with Gasteiger partial charge in [-0.05, 0) is 53.9 Å². The molecular weight excluding hydrogens is 412 g/mol. The van der Waals surface area contributed by atoms with Crippen LogP contribution in [0.25, 0.3) is 21.1 Å². The fourth-order valence-electron chi connectivity index (χ4n) is 4.66. The molecule has 1 aliphatic rings. The van der Waals surface area contributed by atoms with Crippen LogP contribution in [-0.2, 0) is 19.3 Å². The van der Waals surface area contributed by atoms with Gasteiger partial charge in [0.1, 0.15) is 10.0 Å². The summed E-state index contributed by atoms with van der Waals surface area (Å²) in [7, 11) is 0. The molecule has 32 heavy (non-hydrogen) atoms. The molecule has 4 rings (SSSR count). The first kappa shape index (κ1) is 22.6. The molecule has 0 N–H and O–H groups in total. The number of rotatable bonds is 8. The monoisotopic (exact) mass is 444 g/mol. The maximum Gasteiger partial charge on any atom is 0.148 e. The Morgan fingerprint density at radius 3 is 2.59 bits per heavy atom. The van der Waals surface area contributed by atoms with E-state index in [0.29, 0.717) is 5.92 Å². The summed E-state index contributed by atoms with van der Waals surface area (Å²) < 4.78 is 0. The van der Waals surface area contributed by atoms with Crippen molar-refractivity contribution in [1.82, 2.24) is 15.1 Å². The van der Waals surface area contributed by atoms with Crippen LogP contribution in [0.4, 0.5) is 0 Å². The number of aromatic nitrogens is 2. The molecule has 0 saturated carbocycles. The van der Waals surface area contributed by atoms with E-state index in [1.54, 1.807) is 11.3 Å². The van der Waals surface area contributed by atoms with Crippen LogP contribution in [0.5, 0.6) is 0 Å². The van der Waals surface area contributed by atoms with Crippen molar-refractivity contribution in [2.75, 3.05) is 19.6 Å². The fraction of sp³-hybridized carbons (Fsp3) is 0.444. The van der Waals surface area contributed by atoms with Crippen molar-refractivity contribution in [3.05, 3.63) is 58.7 Å². The molecule has 5 heteroatoms. The molecule has 0 unspecified atom stereocenters. The zero-order valence-corrected chi connectivity index (χ0v) is 20.4. The summed E-state index contributed by atoms with van der Waals surface area (Å²) in [5.41, 5.74) is 6.82. The summed E-state index contributed by atoms with van der Waals surface area (Å²) in [4.78, 5) is 2.54. The first-order chi connectivity index (χ1) is 15.5. The van der Waals surface area contributed by atoms with E-state index in [1.807, 2.05) is 6.07 Å². The summed E-state index contributed by atoms with van der Waals surface area (Å²) in [6.07, 6.45) is 2.98. The maximum absolute atomic E-state index is 9.62. The Labute approximate surface area is 195 Å². The van der Waals surface area contributed by atoms with E-state index in [4.69, 9.17) is 0 Å². The minimum Gasteiger partial charge on any atom is -0.302 e. The van der Waals surface area contributed by atoms with Crippen LogP contribution in [0.15, 0.2) is 36.4 Å². The zero-order valence-electron chi connectivity index (χ0n) is 19.6. The first-order valence-electron chi connectivity index (χ1n) is 11.7.